The van der Waals surface area contributed by atoms with E-state index in [1.54, 1.807) is 0 Å². The fraction of sp³-hybridized carbons (Fsp3) is 0.417. The summed E-state index contributed by atoms with van der Waals surface area (Å²) in [5, 5.41) is 0. The standard InChI is InChI=1S/C12H18N2O/c1-3-10-6-4-5-7-12(10)14(2)9-11(15)8-13/h4-7H,3,8-9,13H2,1-2H3. The van der Waals surface area contributed by atoms with E-state index in [9.17, 15) is 4.79 Å². The predicted molar refractivity (Wildman–Crippen MR) is 63.2 cm³/mol. The van der Waals surface area contributed by atoms with Crippen LogP contribution >= 0.6 is 0 Å². The van der Waals surface area contributed by atoms with E-state index in [0.29, 0.717) is 6.54 Å². The lowest BCUT2D eigenvalue weighted by Crippen LogP contribution is -2.30. The van der Waals surface area contributed by atoms with Crippen molar-refractivity contribution in [3.05, 3.63) is 29.8 Å². The number of likely N-dealkylation sites (N-methyl/N-ethyl adjacent to an activating group) is 1. The second kappa shape index (κ2) is 5.51. The van der Waals surface area contributed by atoms with Gasteiger partial charge in [0, 0.05) is 12.7 Å². The van der Waals surface area contributed by atoms with E-state index in [-0.39, 0.29) is 12.3 Å². The number of para-hydroxylation sites is 1. The molecule has 0 bridgehead atoms. The SMILES string of the molecule is CCc1ccccc1N(C)CC(=O)CN. The number of anilines is 1. The number of benzene rings is 1. The van der Waals surface area contributed by atoms with Crippen LogP contribution in [-0.2, 0) is 11.2 Å². The highest BCUT2D eigenvalue weighted by Crippen LogP contribution is 2.19. The summed E-state index contributed by atoms with van der Waals surface area (Å²) in [5.74, 6) is 0.0587. The zero-order chi connectivity index (χ0) is 11.3. The largest absolute Gasteiger partial charge is 0.367 e. The molecule has 3 heteroatoms. The average Bonchev–Trinajstić information content (AvgIpc) is 2.28. The van der Waals surface area contributed by atoms with Gasteiger partial charge in [-0.3, -0.25) is 4.79 Å². The first-order chi connectivity index (χ1) is 7.19. The highest BCUT2D eigenvalue weighted by atomic mass is 16.1. The van der Waals surface area contributed by atoms with Crippen molar-refractivity contribution in [1.82, 2.24) is 0 Å². The number of ketones is 1. The highest BCUT2D eigenvalue weighted by molar-refractivity contribution is 5.85. The lowest BCUT2D eigenvalue weighted by atomic mass is 10.1. The lowest BCUT2D eigenvalue weighted by molar-refractivity contribution is -0.116. The molecule has 0 fully saturated rings. The molecule has 0 aliphatic heterocycles. The van der Waals surface area contributed by atoms with Crippen LogP contribution in [0.1, 0.15) is 12.5 Å². The molecule has 0 atom stereocenters. The van der Waals surface area contributed by atoms with Gasteiger partial charge in [-0.1, -0.05) is 25.1 Å². The Labute approximate surface area is 90.9 Å². The quantitative estimate of drug-likeness (QED) is 0.787. The van der Waals surface area contributed by atoms with Crippen LogP contribution in [0.5, 0.6) is 0 Å². The molecule has 0 saturated heterocycles. The highest BCUT2D eigenvalue weighted by Gasteiger charge is 2.08. The van der Waals surface area contributed by atoms with E-state index in [2.05, 4.69) is 13.0 Å². The van der Waals surface area contributed by atoms with Crippen LogP contribution in [-0.4, -0.2) is 25.9 Å². The predicted octanol–water partition coefficient (Wildman–Crippen LogP) is 1.21. The molecule has 0 saturated carbocycles. The Bertz CT molecular complexity index is 336. The fourth-order valence-electron chi connectivity index (χ4n) is 1.60. The average molecular weight is 206 g/mol. The molecule has 0 amide bonds. The molecule has 0 unspecified atom stereocenters. The smallest absolute Gasteiger partial charge is 0.165 e. The Hall–Kier alpha value is -1.35. The number of aryl methyl sites for hydroxylation is 1. The normalized spacial score (nSPS) is 10.1. The maximum absolute atomic E-state index is 11.2. The summed E-state index contributed by atoms with van der Waals surface area (Å²) < 4.78 is 0. The Morgan fingerprint density at radius 3 is 2.67 bits per heavy atom. The first kappa shape index (κ1) is 11.7. The van der Waals surface area contributed by atoms with Gasteiger partial charge in [-0.25, -0.2) is 0 Å². The van der Waals surface area contributed by atoms with E-state index in [4.69, 9.17) is 5.73 Å². The second-order valence-corrected chi connectivity index (χ2v) is 3.58. The van der Waals surface area contributed by atoms with Crippen molar-refractivity contribution in [3.8, 4) is 0 Å². The minimum atomic E-state index is 0.0587. The van der Waals surface area contributed by atoms with Crippen molar-refractivity contribution >= 4 is 11.5 Å². The van der Waals surface area contributed by atoms with Crippen molar-refractivity contribution in [3.63, 3.8) is 0 Å². The van der Waals surface area contributed by atoms with Crippen LogP contribution in [0.2, 0.25) is 0 Å². The minimum absolute atomic E-state index is 0.0587. The molecule has 1 aromatic carbocycles. The van der Waals surface area contributed by atoms with Gasteiger partial charge < -0.3 is 10.6 Å². The summed E-state index contributed by atoms with van der Waals surface area (Å²) in [5.41, 5.74) is 7.66. The topological polar surface area (TPSA) is 46.3 Å². The van der Waals surface area contributed by atoms with Gasteiger partial charge in [0.1, 0.15) is 0 Å². The van der Waals surface area contributed by atoms with Gasteiger partial charge in [-0.15, -0.1) is 0 Å². The Kier molecular flexibility index (Phi) is 4.31. The Balaban J connectivity index is 2.80. The van der Waals surface area contributed by atoms with E-state index in [1.807, 2.05) is 30.1 Å². The van der Waals surface area contributed by atoms with Gasteiger partial charge in [-0.2, -0.15) is 0 Å². The van der Waals surface area contributed by atoms with Crippen LogP contribution in [0, 0.1) is 0 Å². The molecule has 15 heavy (non-hydrogen) atoms. The fourth-order valence-corrected chi connectivity index (χ4v) is 1.60. The summed E-state index contributed by atoms with van der Waals surface area (Å²) in [6.45, 7) is 2.60. The molecule has 1 rings (SSSR count). The maximum Gasteiger partial charge on any atom is 0.165 e. The molecule has 0 aromatic heterocycles. The van der Waals surface area contributed by atoms with Gasteiger partial charge in [-0.05, 0) is 18.1 Å². The number of rotatable bonds is 5. The molecule has 82 valence electrons. The first-order valence-electron chi connectivity index (χ1n) is 5.19. The van der Waals surface area contributed by atoms with Crippen molar-refractivity contribution in [1.29, 1.82) is 0 Å². The number of carbonyl (C=O) groups excluding carboxylic acids is 1. The van der Waals surface area contributed by atoms with Crippen LogP contribution in [0.4, 0.5) is 5.69 Å². The minimum Gasteiger partial charge on any atom is -0.367 e. The van der Waals surface area contributed by atoms with E-state index < -0.39 is 0 Å². The van der Waals surface area contributed by atoms with Gasteiger partial charge in [0.25, 0.3) is 0 Å². The molecule has 0 radical (unpaired) electrons. The lowest BCUT2D eigenvalue weighted by Gasteiger charge is -2.21. The van der Waals surface area contributed by atoms with Crippen molar-refractivity contribution in [2.75, 3.05) is 25.0 Å². The van der Waals surface area contributed by atoms with Gasteiger partial charge in [0.15, 0.2) is 5.78 Å². The third-order valence-electron chi connectivity index (χ3n) is 2.42. The van der Waals surface area contributed by atoms with Crippen molar-refractivity contribution in [2.45, 2.75) is 13.3 Å². The molecule has 0 aliphatic carbocycles. The third-order valence-corrected chi connectivity index (χ3v) is 2.42. The number of nitrogens with two attached hydrogens (primary N) is 1. The summed E-state index contributed by atoms with van der Waals surface area (Å²) in [4.78, 5) is 13.2. The van der Waals surface area contributed by atoms with Crippen LogP contribution < -0.4 is 10.6 Å². The first-order valence-corrected chi connectivity index (χ1v) is 5.19. The Morgan fingerprint density at radius 1 is 1.40 bits per heavy atom. The van der Waals surface area contributed by atoms with Crippen LogP contribution in [0.15, 0.2) is 24.3 Å². The summed E-state index contributed by atoms with van der Waals surface area (Å²) in [6.07, 6.45) is 0.970. The van der Waals surface area contributed by atoms with Crippen molar-refractivity contribution in [2.24, 2.45) is 5.73 Å². The van der Waals surface area contributed by atoms with E-state index >= 15 is 0 Å². The third kappa shape index (κ3) is 3.06. The second-order valence-electron chi connectivity index (χ2n) is 3.58. The summed E-state index contributed by atoms with van der Waals surface area (Å²) in [7, 11) is 1.92. The molecule has 3 nitrogen and oxygen atoms in total. The monoisotopic (exact) mass is 206 g/mol. The van der Waals surface area contributed by atoms with E-state index in [1.165, 1.54) is 5.56 Å². The van der Waals surface area contributed by atoms with E-state index in [0.717, 1.165) is 12.1 Å². The Morgan fingerprint density at radius 2 is 2.07 bits per heavy atom. The number of carbonyl (C=O) groups is 1. The molecular formula is C12H18N2O. The van der Waals surface area contributed by atoms with Gasteiger partial charge in [0.05, 0.1) is 13.1 Å². The van der Waals surface area contributed by atoms with Crippen molar-refractivity contribution < 1.29 is 4.79 Å². The zero-order valence-electron chi connectivity index (χ0n) is 9.36. The summed E-state index contributed by atoms with van der Waals surface area (Å²) >= 11 is 0. The molecule has 1 aromatic rings. The molecular weight excluding hydrogens is 188 g/mol. The van der Waals surface area contributed by atoms with Crippen LogP contribution in [0.3, 0.4) is 0 Å². The van der Waals surface area contributed by atoms with Gasteiger partial charge in [0.2, 0.25) is 0 Å². The number of nitrogens with zero attached hydrogens (tertiary/aromatic N) is 1. The molecule has 0 heterocycles. The number of hydrogen-bond donors (Lipinski definition) is 1. The molecule has 2 N–H and O–H groups in total. The number of hydrogen-bond acceptors (Lipinski definition) is 3. The maximum atomic E-state index is 11.2. The zero-order valence-corrected chi connectivity index (χ0v) is 9.36. The van der Waals surface area contributed by atoms with Crippen LogP contribution in [0.25, 0.3) is 0 Å². The molecule has 0 aliphatic rings. The van der Waals surface area contributed by atoms with Gasteiger partial charge >= 0.3 is 0 Å². The molecule has 0 spiro atoms. The number of Topliss-reactive ketones (excluding diaryl/α,β-unsaturated/α-hetero) is 1. The summed E-state index contributed by atoms with van der Waals surface area (Å²) in [6, 6.07) is 8.11.